The minimum atomic E-state index is -2.25. The lowest BCUT2D eigenvalue weighted by Crippen LogP contribution is -2.68. The standard InChI is InChI=1S/C29H30Si/c1-29(2,3)25-15-13-14-24(22-25)23-30(26-16-7-4-8-17-26,27-18-9-5-10-19-27)28-20-11-6-12-21-28/h4-22H,23H2,1-3H3. The molecule has 1 heteroatoms. The number of benzene rings is 4. The highest BCUT2D eigenvalue weighted by atomic mass is 28.3. The van der Waals surface area contributed by atoms with Gasteiger partial charge < -0.3 is 0 Å². The van der Waals surface area contributed by atoms with Crippen LogP contribution in [0.25, 0.3) is 0 Å². The van der Waals surface area contributed by atoms with Crippen LogP contribution in [0.5, 0.6) is 0 Å². The van der Waals surface area contributed by atoms with E-state index >= 15 is 0 Å². The topological polar surface area (TPSA) is 0 Å². The molecule has 0 unspecified atom stereocenters. The lowest BCUT2D eigenvalue weighted by molar-refractivity contribution is 0.589. The smallest absolute Gasteiger partial charge is 0.0624 e. The summed E-state index contributed by atoms with van der Waals surface area (Å²) in [6, 6.07) is 43.8. The number of hydrogen-bond donors (Lipinski definition) is 0. The lowest BCUT2D eigenvalue weighted by atomic mass is 9.86. The predicted molar refractivity (Wildman–Crippen MR) is 133 cm³/mol. The molecular weight excluding hydrogens is 376 g/mol. The Kier molecular flexibility index (Phi) is 5.74. The molecule has 0 aliphatic rings. The Labute approximate surface area is 182 Å². The van der Waals surface area contributed by atoms with Crippen LogP contribution in [0.15, 0.2) is 115 Å². The molecule has 0 N–H and O–H groups in total. The van der Waals surface area contributed by atoms with E-state index in [1.807, 2.05) is 0 Å². The highest BCUT2D eigenvalue weighted by Gasteiger charge is 2.39. The Morgan fingerprint density at radius 1 is 0.533 bits per heavy atom. The van der Waals surface area contributed by atoms with Crippen LogP contribution in [-0.4, -0.2) is 8.07 Å². The van der Waals surface area contributed by atoms with Crippen LogP contribution in [0.1, 0.15) is 31.9 Å². The van der Waals surface area contributed by atoms with E-state index in [2.05, 4.69) is 136 Å². The average molecular weight is 407 g/mol. The molecule has 4 aromatic rings. The Morgan fingerprint density at radius 2 is 0.967 bits per heavy atom. The molecule has 0 bridgehead atoms. The molecule has 0 heterocycles. The molecular formula is C29H30Si. The molecule has 4 rings (SSSR count). The molecule has 0 amide bonds. The van der Waals surface area contributed by atoms with Gasteiger partial charge in [-0.2, -0.15) is 0 Å². The molecule has 0 atom stereocenters. The van der Waals surface area contributed by atoms with Gasteiger partial charge in [-0.3, -0.25) is 0 Å². The molecule has 30 heavy (non-hydrogen) atoms. The highest BCUT2D eigenvalue weighted by Crippen LogP contribution is 2.24. The molecule has 0 aliphatic carbocycles. The first-order chi connectivity index (χ1) is 14.5. The molecule has 0 aliphatic heterocycles. The zero-order valence-electron chi connectivity index (χ0n) is 18.2. The maximum absolute atomic E-state index is 2.43. The minimum Gasteiger partial charge on any atom is -0.0624 e. The van der Waals surface area contributed by atoms with E-state index in [9.17, 15) is 0 Å². The summed E-state index contributed by atoms with van der Waals surface area (Å²) in [5, 5.41) is 4.38. The van der Waals surface area contributed by atoms with Gasteiger partial charge in [0.1, 0.15) is 0 Å². The quantitative estimate of drug-likeness (QED) is 0.314. The van der Waals surface area contributed by atoms with Crippen molar-refractivity contribution in [1.82, 2.24) is 0 Å². The van der Waals surface area contributed by atoms with Gasteiger partial charge in [0.15, 0.2) is 8.07 Å². The first-order valence-electron chi connectivity index (χ1n) is 10.8. The second-order valence-electron chi connectivity index (χ2n) is 9.13. The maximum Gasteiger partial charge on any atom is 0.152 e. The van der Waals surface area contributed by atoms with E-state index in [1.165, 1.54) is 26.7 Å². The van der Waals surface area contributed by atoms with Gasteiger partial charge in [-0.1, -0.05) is 136 Å². The van der Waals surface area contributed by atoms with Crippen molar-refractivity contribution >= 4 is 23.6 Å². The van der Waals surface area contributed by atoms with Gasteiger partial charge in [-0.15, -0.1) is 0 Å². The van der Waals surface area contributed by atoms with Crippen molar-refractivity contribution in [1.29, 1.82) is 0 Å². The second-order valence-corrected chi connectivity index (χ2v) is 13.0. The fraction of sp³-hybridized carbons (Fsp3) is 0.172. The van der Waals surface area contributed by atoms with Crippen LogP contribution < -0.4 is 15.6 Å². The predicted octanol–water partition coefficient (Wildman–Crippen LogP) is 5.24. The number of rotatable bonds is 5. The minimum absolute atomic E-state index is 0.145. The van der Waals surface area contributed by atoms with E-state index in [0.29, 0.717) is 0 Å². The molecule has 0 aromatic heterocycles. The fourth-order valence-corrected chi connectivity index (χ4v) is 9.16. The lowest BCUT2D eigenvalue weighted by Gasteiger charge is -2.34. The fourth-order valence-electron chi connectivity index (χ4n) is 4.43. The van der Waals surface area contributed by atoms with Crippen molar-refractivity contribution in [2.24, 2.45) is 0 Å². The Bertz CT molecular complexity index is 981. The third-order valence-electron chi connectivity index (χ3n) is 6.06. The van der Waals surface area contributed by atoms with E-state index < -0.39 is 8.07 Å². The van der Waals surface area contributed by atoms with Crippen LogP contribution in [0.3, 0.4) is 0 Å². The third kappa shape index (κ3) is 4.03. The largest absolute Gasteiger partial charge is 0.152 e. The molecule has 0 saturated carbocycles. The van der Waals surface area contributed by atoms with Gasteiger partial charge in [0, 0.05) is 0 Å². The summed E-state index contributed by atoms with van der Waals surface area (Å²) < 4.78 is 0. The van der Waals surface area contributed by atoms with Crippen LogP contribution in [0, 0.1) is 0 Å². The normalized spacial score (nSPS) is 12.0. The summed E-state index contributed by atoms with van der Waals surface area (Å²) in [7, 11) is -2.25. The van der Waals surface area contributed by atoms with Crippen molar-refractivity contribution in [3.05, 3.63) is 126 Å². The first-order valence-corrected chi connectivity index (χ1v) is 13.0. The molecule has 0 radical (unpaired) electrons. The van der Waals surface area contributed by atoms with Crippen molar-refractivity contribution < 1.29 is 0 Å². The molecule has 0 nitrogen and oxygen atoms in total. The molecule has 0 saturated heterocycles. The zero-order valence-corrected chi connectivity index (χ0v) is 19.2. The molecule has 150 valence electrons. The highest BCUT2D eigenvalue weighted by molar-refractivity contribution is 7.11. The van der Waals surface area contributed by atoms with Gasteiger partial charge >= 0.3 is 0 Å². The summed E-state index contributed by atoms with van der Waals surface area (Å²) in [4.78, 5) is 0. The summed E-state index contributed by atoms with van der Waals surface area (Å²) in [6.45, 7) is 6.88. The SMILES string of the molecule is CC(C)(C)c1cccc(C[Si](c2ccccc2)(c2ccccc2)c2ccccc2)c1. The van der Waals surface area contributed by atoms with Crippen molar-refractivity contribution in [2.75, 3.05) is 0 Å². The van der Waals surface area contributed by atoms with E-state index in [1.54, 1.807) is 0 Å². The maximum atomic E-state index is 2.43. The van der Waals surface area contributed by atoms with Crippen LogP contribution >= 0.6 is 0 Å². The third-order valence-corrected chi connectivity index (χ3v) is 11.0. The van der Waals surface area contributed by atoms with E-state index in [0.717, 1.165) is 6.04 Å². The van der Waals surface area contributed by atoms with Crippen molar-refractivity contribution in [2.45, 2.75) is 32.2 Å². The van der Waals surface area contributed by atoms with Gasteiger partial charge in [0.2, 0.25) is 0 Å². The van der Waals surface area contributed by atoms with Crippen molar-refractivity contribution in [3.8, 4) is 0 Å². The first kappa shape index (κ1) is 20.4. The second kappa shape index (κ2) is 8.45. The van der Waals surface area contributed by atoms with E-state index in [4.69, 9.17) is 0 Å². The van der Waals surface area contributed by atoms with Gasteiger partial charge in [0.25, 0.3) is 0 Å². The summed E-state index contributed by atoms with van der Waals surface area (Å²) in [5.74, 6) is 0. The van der Waals surface area contributed by atoms with Crippen LogP contribution in [0.2, 0.25) is 0 Å². The average Bonchev–Trinajstić information content (AvgIpc) is 2.79. The summed E-state index contributed by atoms with van der Waals surface area (Å²) in [5.41, 5.74) is 2.97. The summed E-state index contributed by atoms with van der Waals surface area (Å²) in [6.07, 6.45) is 0. The van der Waals surface area contributed by atoms with Crippen molar-refractivity contribution in [3.63, 3.8) is 0 Å². The van der Waals surface area contributed by atoms with Crippen LogP contribution in [0.4, 0.5) is 0 Å². The Morgan fingerprint density at radius 3 is 1.37 bits per heavy atom. The van der Waals surface area contributed by atoms with Crippen LogP contribution in [-0.2, 0) is 11.5 Å². The summed E-state index contributed by atoms with van der Waals surface area (Å²) >= 11 is 0. The molecule has 0 fully saturated rings. The monoisotopic (exact) mass is 406 g/mol. The zero-order chi connectivity index (χ0) is 21.0. The van der Waals surface area contributed by atoms with E-state index in [-0.39, 0.29) is 5.41 Å². The Hall–Kier alpha value is -2.90. The van der Waals surface area contributed by atoms with Gasteiger partial charge in [0.05, 0.1) is 0 Å². The van der Waals surface area contributed by atoms with Gasteiger partial charge in [-0.05, 0) is 38.1 Å². The Balaban J connectivity index is 1.96. The van der Waals surface area contributed by atoms with Gasteiger partial charge in [-0.25, -0.2) is 0 Å². The molecule has 4 aromatic carbocycles. The number of hydrogen-bond acceptors (Lipinski definition) is 0. The molecule has 0 spiro atoms.